The van der Waals surface area contributed by atoms with Crippen LogP contribution in [0.2, 0.25) is 10.0 Å². The van der Waals surface area contributed by atoms with E-state index in [0.717, 1.165) is 11.1 Å². The van der Waals surface area contributed by atoms with E-state index in [1.807, 2.05) is 0 Å². The summed E-state index contributed by atoms with van der Waals surface area (Å²) in [6, 6.07) is 14.0. The summed E-state index contributed by atoms with van der Waals surface area (Å²) in [5, 5.41) is 3.58. The molecule has 0 aliphatic rings. The van der Waals surface area contributed by atoms with Crippen molar-refractivity contribution in [2.45, 2.75) is 13.2 Å². The van der Waals surface area contributed by atoms with Crippen LogP contribution in [0.1, 0.15) is 11.1 Å². The first-order valence-electron chi connectivity index (χ1n) is 8.39. The van der Waals surface area contributed by atoms with Crippen molar-refractivity contribution in [3.05, 3.63) is 87.4 Å². The first-order chi connectivity index (χ1) is 13.5. The number of rotatable bonds is 7. The number of nitrogens with one attached hydrogen (secondary N) is 1. The van der Waals surface area contributed by atoms with Crippen molar-refractivity contribution in [2.75, 3.05) is 12.4 Å². The summed E-state index contributed by atoms with van der Waals surface area (Å²) in [6.45, 7) is 0.651. The van der Waals surface area contributed by atoms with Crippen molar-refractivity contribution in [3.8, 4) is 11.5 Å². The van der Waals surface area contributed by atoms with Crippen molar-refractivity contribution >= 4 is 28.9 Å². The Kier molecular flexibility index (Phi) is 6.60. The Morgan fingerprint density at radius 1 is 0.893 bits per heavy atom. The monoisotopic (exact) mass is 423 g/mol. The summed E-state index contributed by atoms with van der Waals surface area (Å²) in [7, 11) is 1.52. The maximum absolute atomic E-state index is 13.2. The predicted octanol–water partition coefficient (Wildman–Crippen LogP) is 6.47. The summed E-state index contributed by atoms with van der Waals surface area (Å²) in [5.41, 5.74) is 2.33. The molecule has 0 unspecified atom stereocenters. The van der Waals surface area contributed by atoms with E-state index in [9.17, 15) is 8.78 Å². The third kappa shape index (κ3) is 5.06. The molecule has 0 spiro atoms. The first kappa shape index (κ1) is 20.2. The molecule has 0 atom stereocenters. The number of hydrogen-bond acceptors (Lipinski definition) is 3. The number of methoxy groups -OCH3 is 1. The molecule has 0 aliphatic carbocycles. The van der Waals surface area contributed by atoms with Crippen molar-refractivity contribution in [1.29, 1.82) is 0 Å². The molecule has 0 bridgehead atoms. The summed E-state index contributed by atoms with van der Waals surface area (Å²) >= 11 is 12.2. The SMILES string of the molecule is COc1cc(CNc2ccc(F)c(Cl)c2)cc(Cl)c1OCc1ccc(F)cc1. The van der Waals surface area contributed by atoms with E-state index >= 15 is 0 Å². The Labute approximate surface area is 171 Å². The highest BCUT2D eigenvalue weighted by molar-refractivity contribution is 6.32. The lowest BCUT2D eigenvalue weighted by molar-refractivity contribution is 0.284. The molecule has 1 N–H and O–H groups in total. The summed E-state index contributed by atoms with van der Waals surface area (Å²) in [6.07, 6.45) is 0. The average molecular weight is 424 g/mol. The minimum absolute atomic E-state index is 0.0464. The van der Waals surface area contributed by atoms with Crippen LogP contribution in [0.4, 0.5) is 14.5 Å². The van der Waals surface area contributed by atoms with E-state index in [2.05, 4.69) is 5.32 Å². The number of hydrogen-bond donors (Lipinski definition) is 1. The van der Waals surface area contributed by atoms with Crippen LogP contribution in [-0.4, -0.2) is 7.11 Å². The van der Waals surface area contributed by atoms with Crippen LogP contribution < -0.4 is 14.8 Å². The second-order valence-corrected chi connectivity index (χ2v) is 6.82. The largest absolute Gasteiger partial charge is 0.493 e. The van der Waals surface area contributed by atoms with E-state index in [1.165, 1.54) is 31.4 Å². The molecule has 28 heavy (non-hydrogen) atoms. The lowest BCUT2D eigenvalue weighted by Gasteiger charge is -2.15. The van der Waals surface area contributed by atoms with Crippen LogP contribution in [0.5, 0.6) is 11.5 Å². The van der Waals surface area contributed by atoms with Crippen LogP contribution in [-0.2, 0) is 13.2 Å². The van der Waals surface area contributed by atoms with Crippen LogP contribution in [0, 0.1) is 11.6 Å². The van der Waals surface area contributed by atoms with E-state index < -0.39 is 5.82 Å². The van der Waals surface area contributed by atoms with Gasteiger partial charge in [-0.1, -0.05) is 35.3 Å². The third-order valence-corrected chi connectivity index (χ3v) is 4.57. The molecular formula is C21H17Cl2F2NO2. The fraction of sp³-hybridized carbons (Fsp3) is 0.143. The molecule has 0 saturated heterocycles. The van der Waals surface area contributed by atoms with Gasteiger partial charge in [0.1, 0.15) is 18.2 Å². The van der Waals surface area contributed by atoms with Gasteiger partial charge in [-0.2, -0.15) is 0 Å². The minimum atomic E-state index is -0.473. The molecule has 0 radical (unpaired) electrons. The van der Waals surface area contributed by atoms with E-state index in [-0.39, 0.29) is 17.4 Å². The molecule has 0 saturated carbocycles. The van der Waals surface area contributed by atoms with Gasteiger partial charge in [-0.3, -0.25) is 0 Å². The quantitative estimate of drug-likeness (QED) is 0.472. The standard InChI is InChI=1S/C21H17Cl2F2NO2/c1-27-20-9-14(11-26-16-6-7-19(25)17(22)10-16)8-18(23)21(20)28-12-13-2-4-15(24)5-3-13/h2-10,26H,11-12H2,1H3. The molecular weight excluding hydrogens is 407 g/mol. The van der Waals surface area contributed by atoms with E-state index in [0.29, 0.717) is 28.8 Å². The third-order valence-electron chi connectivity index (χ3n) is 4.00. The zero-order chi connectivity index (χ0) is 20.1. The normalized spacial score (nSPS) is 10.6. The lowest BCUT2D eigenvalue weighted by Crippen LogP contribution is -2.03. The highest BCUT2D eigenvalue weighted by Crippen LogP contribution is 2.37. The lowest BCUT2D eigenvalue weighted by atomic mass is 10.2. The van der Waals surface area contributed by atoms with Gasteiger partial charge in [0.2, 0.25) is 0 Å². The van der Waals surface area contributed by atoms with Gasteiger partial charge in [0.25, 0.3) is 0 Å². The molecule has 7 heteroatoms. The molecule has 3 aromatic carbocycles. The molecule has 0 aromatic heterocycles. The molecule has 0 heterocycles. The van der Waals surface area contributed by atoms with Gasteiger partial charge in [0, 0.05) is 12.2 Å². The number of halogens is 4. The van der Waals surface area contributed by atoms with E-state index in [4.69, 9.17) is 32.7 Å². The Bertz CT molecular complexity index is 965. The Hall–Kier alpha value is -2.50. The van der Waals surface area contributed by atoms with Gasteiger partial charge in [0.15, 0.2) is 11.5 Å². The van der Waals surface area contributed by atoms with Gasteiger partial charge >= 0.3 is 0 Å². The molecule has 0 aliphatic heterocycles. The maximum atomic E-state index is 13.2. The van der Waals surface area contributed by atoms with Crippen molar-refractivity contribution in [1.82, 2.24) is 0 Å². The Morgan fingerprint density at radius 2 is 1.64 bits per heavy atom. The second kappa shape index (κ2) is 9.13. The highest BCUT2D eigenvalue weighted by atomic mass is 35.5. The molecule has 3 rings (SSSR count). The Balaban J connectivity index is 1.71. The van der Waals surface area contributed by atoms with Gasteiger partial charge < -0.3 is 14.8 Å². The molecule has 0 amide bonds. The fourth-order valence-corrected chi connectivity index (χ4v) is 3.03. The topological polar surface area (TPSA) is 30.5 Å². The maximum Gasteiger partial charge on any atom is 0.180 e. The van der Waals surface area contributed by atoms with Crippen LogP contribution in [0.15, 0.2) is 54.6 Å². The van der Waals surface area contributed by atoms with Crippen molar-refractivity contribution < 1.29 is 18.3 Å². The van der Waals surface area contributed by atoms with Crippen LogP contribution in [0.25, 0.3) is 0 Å². The zero-order valence-corrected chi connectivity index (χ0v) is 16.5. The van der Waals surface area contributed by atoms with Gasteiger partial charge in [0.05, 0.1) is 17.2 Å². The summed E-state index contributed by atoms with van der Waals surface area (Å²) in [5.74, 6) is 0.101. The summed E-state index contributed by atoms with van der Waals surface area (Å²) in [4.78, 5) is 0. The molecule has 0 fully saturated rings. The molecule has 3 nitrogen and oxygen atoms in total. The predicted molar refractivity (Wildman–Crippen MR) is 107 cm³/mol. The van der Waals surface area contributed by atoms with Crippen molar-refractivity contribution in [2.24, 2.45) is 0 Å². The second-order valence-electron chi connectivity index (χ2n) is 6.01. The van der Waals surface area contributed by atoms with Gasteiger partial charge in [-0.15, -0.1) is 0 Å². The minimum Gasteiger partial charge on any atom is -0.493 e. The zero-order valence-electron chi connectivity index (χ0n) is 14.9. The number of ether oxygens (including phenoxy) is 2. The number of benzene rings is 3. The smallest absolute Gasteiger partial charge is 0.180 e. The van der Waals surface area contributed by atoms with Crippen LogP contribution in [0.3, 0.4) is 0 Å². The van der Waals surface area contributed by atoms with E-state index in [1.54, 1.807) is 30.3 Å². The van der Waals surface area contributed by atoms with Gasteiger partial charge in [-0.25, -0.2) is 8.78 Å². The molecule has 146 valence electrons. The van der Waals surface area contributed by atoms with Gasteiger partial charge in [-0.05, 0) is 53.6 Å². The Morgan fingerprint density at radius 3 is 2.32 bits per heavy atom. The highest BCUT2D eigenvalue weighted by Gasteiger charge is 2.13. The summed E-state index contributed by atoms with van der Waals surface area (Å²) < 4.78 is 37.4. The average Bonchev–Trinajstić information content (AvgIpc) is 2.69. The van der Waals surface area contributed by atoms with Crippen LogP contribution >= 0.6 is 23.2 Å². The molecule has 3 aromatic rings. The van der Waals surface area contributed by atoms with Crippen molar-refractivity contribution in [3.63, 3.8) is 0 Å². The number of anilines is 1. The fourth-order valence-electron chi connectivity index (χ4n) is 2.56. The first-order valence-corrected chi connectivity index (χ1v) is 9.14.